The van der Waals surface area contributed by atoms with Crippen molar-refractivity contribution in [1.29, 1.82) is 0 Å². The van der Waals surface area contributed by atoms with E-state index in [2.05, 4.69) is 46.8 Å². The van der Waals surface area contributed by atoms with E-state index in [0.717, 1.165) is 31.2 Å². The highest BCUT2D eigenvalue weighted by Gasteiger charge is 2.26. The Labute approximate surface area is 129 Å². The van der Waals surface area contributed by atoms with Gasteiger partial charge in [0.25, 0.3) is 0 Å². The van der Waals surface area contributed by atoms with Crippen LogP contribution in [0, 0.1) is 6.92 Å². The molecule has 1 atom stereocenters. The van der Waals surface area contributed by atoms with Crippen molar-refractivity contribution in [2.75, 3.05) is 26.2 Å². The van der Waals surface area contributed by atoms with Crippen LogP contribution < -0.4 is 5.32 Å². The van der Waals surface area contributed by atoms with Crippen LogP contribution in [0.1, 0.15) is 22.0 Å². The normalized spacial score (nSPS) is 18.1. The number of thiophene rings is 1. The van der Waals surface area contributed by atoms with Crippen molar-refractivity contribution in [1.82, 2.24) is 10.2 Å². The smallest absolute Gasteiger partial charge is 0.0700 e. The van der Waals surface area contributed by atoms with E-state index in [1.54, 1.807) is 0 Å². The summed E-state index contributed by atoms with van der Waals surface area (Å²) in [6.45, 7) is 6.47. The fourth-order valence-corrected chi connectivity index (χ4v) is 4.10. The van der Waals surface area contributed by atoms with Crippen molar-refractivity contribution in [3.63, 3.8) is 0 Å². The predicted octanol–water partition coefficient (Wildman–Crippen LogP) is 3.70. The molecule has 2 aromatic rings. The molecule has 1 aliphatic rings. The number of benzene rings is 1. The molecule has 0 aliphatic carbocycles. The first-order chi connectivity index (χ1) is 9.75. The second-order valence-corrected chi connectivity index (χ2v) is 6.60. The lowest BCUT2D eigenvalue weighted by molar-refractivity contribution is 0.200. The van der Waals surface area contributed by atoms with Crippen LogP contribution in [0.25, 0.3) is 0 Å². The van der Waals surface area contributed by atoms with Gasteiger partial charge in [0.2, 0.25) is 0 Å². The molecule has 106 valence electrons. The minimum atomic E-state index is 0.329. The maximum absolute atomic E-state index is 6.20. The number of nitrogens with one attached hydrogen (secondary N) is 1. The third-order valence-electron chi connectivity index (χ3n) is 3.83. The van der Waals surface area contributed by atoms with E-state index in [9.17, 15) is 0 Å². The third-order valence-corrected chi connectivity index (χ3v) is 5.14. The Kier molecular flexibility index (Phi) is 4.41. The summed E-state index contributed by atoms with van der Waals surface area (Å²) in [5, 5.41) is 6.43. The Morgan fingerprint density at radius 3 is 2.70 bits per heavy atom. The molecule has 3 rings (SSSR count). The third kappa shape index (κ3) is 2.91. The fraction of sp³-hybridized carbons (Fsp3) is 0.375. The average molecular weight is 307 g/mol. The van der Waals surface area contributed by atoms with Crippen LogP contribution in [0.4, 0.5) is 0 Å². The van der Waals surface area contributed by atoms with E-state index in [0.29, 0.717) is 6.04 Å². The van der Waals surface area contributed by atoms with Gasteiger partial charge in [-0.2, -0.15) is 0 Å². The zero-order chi connectivity index (χ0) is 13.9. The van der Waals surface area contributed by atoms with Gasteiger partial charge in [-0.05, 0) is 41.6 Å². The van der Waals surface area contributed by atoms with Crippen LogP contribution in [0.2, 0.25) is 5.02 Å². The van der Waals surface area contributed by atoms with Gasteiger partial charge in [-0.25, -0.2) is 0 Å². The van der Waals surface area contributed by atoms with E-state index >= 15 is 0 Å². The van der Waals surface area contributed by atoms with Gasteiger partial charge >= 0.3 is 0 Å². The molecule has 0 spiro atoms. The highest BCUT2D eigenvalue weighted by atomic mass is 35.5. The van der Waals surface area contributed by atoms with Crippen LogP contribution in [-0.2, 0) is 0 Å². The molecule has 1 aromatic heterocycles. The monoisotopic (exact) mass is 306 g/mol. The van der Waals surface area contributed by atoms with Gasteiger partial charge in [0.15, 0.2) is 0 Å². The minimum Gasteiger partial charge on any atom is -0.314 e. The van der Waals surface area contributed by atoms with Gasteiger partial charge in [0.05, 0.1) is 6.04 Å². The molecule has 1 N–H and O–H groups in total. The Morgan fingerprint density at radius 1 is 1.25 bits per heavy atom. The number of rotatable bonds is 3. The quantitative estimate of drug-likeness (QED) is 0.930. The Bertz CT molecular complexity index is 575. The van der Waals surface area contributed by atoms with Gasteiger partial charge in [-0.3, -0.25) is 4.90 Å². The van der Waals surface area contributed by atoms with Crippen LogP contribution >= 0.6 is 22.9 Å². The first-order valence-electron chi connectivity index (χ1n) is 7.00. The predicted molar refractivity (Wildman–Crippen MR) is 86.8 cm³/mol. The Morgan fingerprint density at radius 2 is 2.05 bits per heavy atom. The molecule has 1 saturated heterocycles. The number of nitrogens with zero attached hydrogens (tertiary/aromatic N) is 1. The van der Waals surface area contributed by atoms with Gasteiger partial charge in [0.1, 0.15) is 0 Å². The second-order valence-electron chi connectivity index (χ2n) is 5.21. The van der Waals surface area contributed by atoms with Crippen molar-refractivity contribution in [3.8, 4) is 0 Å². The second kappa shape index (κ2) is 6.27. The Hall–Kier alpha value is -0.870. The SMILES string of the molecule is Cc1ccsc1C(c1cccc(Cl)c1)N1CCNCC1. The lowest BCUT2D eigenvalue weighted by Gasteiger charge is -2.35. The van der Waals surface area contributed by atoms with Crippen molar-refractivity contribution in [2.24, 2.45) is 0 Å². The van der Waals surface area contributed by atoms with Crippen molar-refractivity contribution < 1.29 is 0 Å². The molecule has 4 heteroatoms. The number of aryl methyl sites for hydroxylation is 1. The summed E-state index contributed by atoms with van der Waals surface area (Å²) >= 11 is 8.05. The molecule has 0 radical (unpaired) electrons. The van der Waals surface area contributed by atoms with E-state index in [4.69, 9.17) is 11.6 Å². The topological polar surface area (TPSA) is 15.3 Å². The summed E-state index contributed by atoms with van der Waals surface area (Å²) in [6.07, 6.45) is 0. The first kappa shape index (κ1) is 14.1. The van der Waals surface area contributed by atoms with Gasteiger partial charge in [-0.1, -0.05) is 23.7 Å². The van der Waals surface area contributed by atoms with Crippen LogP contribution in [0.15, 0.2) is 35.7 Å². The van der Waals surface area contributed by atoms with E-state index in [1.807, 2.05) is 17.4 Å². The van der Waals surface area contributed by atoms with Crippen LogP contribution in [0.5, 0.6) is 0 Å². The van der Waals surface area contributed by atoms with Crippen molar-refractivity contribution in [2.45, 2.75) is 13.0 Å². The number of hydrogen-bond acceptors (Lipinski definition) is 3. The summed E-state index contributed by atoms with van der Waals surface area (Å²) < 4.78 is 0. The highest BCUT2D eigenvalue weighted by Crippen LogP contribution is 2.35. The number of piperazine rings is 1. The lowest BCUT2D eigenvalue weighted by Crippen LogP contribution is -2.45. The van der Waals surface area contributed by atoms with Crippen LogP contribution in [-0.4, -0.2) is 31.1 Å². The largest absolute Gasteiger partial charge is 0.314 e. The van der Waals surface area contributed by atoms with Crippen LogP contribution in [0.3, 0.4) is 0 Å². The Balaban J connectivity index is 2.01. The molecular formula is C16H19ClN2S. The molecule has 1 aromatic carbocycles. The maximum atomic E-state index is 6.20. The lowest BCUT2D eigenvalue weighted by atomic mass is 10.0. The first-order valence-corrected chi connectivity index (χ1v) is 8.25. The fourth-order valence-electron chi connectivity index (χ4n) is 2.81. The molecular weight excluding hydrogens is 288 g/mol. The zero-order valence-electron chi connectivity index (χ0n) is 11.6. The molecule has 1 aliphatic heterocycles. The summed E-state index contributed by atoms with van der Waals surface area (Å²) in [6, 6.07) is 10.8. The summed E-state index contributed by atoms with van der Waals surface area (Å²) in [5.41, 5.74) is 2.67. The van der Waals surface area contributed by atoms with Crippen molar-refractivity contribution in [3.05, 3.63) is 56.7 Å². The molecule has 2 heterocycles. The summed E-state index contributed by atoms with van der Waals surface area (Å²) in [5.74, 6) is 0. The van der Waals surface area contributed by atoms with E-state index in [1.165, 1.54) is 16.0 Å². The maximum Gasteiger partial charge on any atom is 0.0700 e. The van der Waals surface area contributed by atoms with Gasteiger partial charge in [-0.15, -0.1) is 11.3 Å². The zero-order valence-corrected chi connectivity index (χ0v) is 13.2. The van der Waals surface area contributed by atoms with Crippen molar-refractivity contribution >= 4 is 22.9 Å². The molecule has 2 nitrogen and oxygen atoms in total. The summed E-state index contributed by atoms with van der Waals surface area (Å²) in [4.78, 5) is 4.00. The standard InChI is InChI=1S/C16H19ClN2S/c1-12-5-10-20-16(12)15(19-8-6-18-7-9-19)13-3-2-4-14(17)11-13/h2-5,10-11,15,18H,6-9H2,1H3. The molecule has 1 unspecified atom stereocenters. The molecule has 0 bridgehead atoms. The molecule has 0 saturated carbocycles. The van der Waals surface area contributed by atoms with E-state index < -0.39 is 0 Å². The summed E-state index contributed by atoms with van der Waals surface area (Å²) in [7, 11) is 0. The highest BCUT2D eigenvalue weighted by molar-refractivity contribution is 7.10. The van der Waals surface area contributed by atoms with Gasteiger partial charge < -0.3 is 5.32 Å². The molecule has 1 fully saturated rings. The van der Waals surface area contributed by atoms with E-state index in [-0.39, 0.29) is 0 Å². The minimum absolute atomic E-state index is 0.329. The average Bonchev–Trinajstić information content (AvgIpc) is 2.87. The number of hydrogen-bond donors (Lipinski definition) is 1. The molecule has 20 heavy (non-hydrogen) atoms. The number of halogens is 1. The van der Waals surface area contributed by atoms with Gasteiger partial charge in [0, 0.05) is 36.1 Å². The molecule has 0 amide bonds.